The highest BCUT2D eigenvalue weighted by Gasteiger charge is 2.15. The molecule has 0 aliphatic rings. The van der Waals surface area contributed by atoms with Gasteiger partial charge in [-0.3, -0.25) is 0 Å². The molecule has 0 saturated carbocycles. The molecule has 0 aromatic rings. The first kappa shape index (κ1) is 16.8. The number of amides is 1. The third-order valence-corrected chi connectivity index (χ3v) is 2.43. The Hall–Kier alpha value is -1.25. The van der Waals surface area contributed by atoms with Gasteiger partial charge in [0.1, 0.15) is 5.60 Å². The topological polar surface area (TPSA) is 38.3 Å². The third kappa shape index (κ3) is 8.85. The van der Waals surface area contributed by atoms with E-state index in [1.807, 2.05) is 32.9 Å². The minimum absolute atomic E-state index is 0.183. The van der Waals surface area contributed by atoms with Crippen LogP contribution in [0.3, 0.4) is 0 Å². The summed E-state index contributed by atoms with van der Waals surface area (Å²) >= 11 is 0. The molecule has 0 aromatic carbocycles. The van der Waals surface area contributed by atoms with Crippen LogP contribution in [0.2, 0.25) is 0 Å². The predicted octanol–water partition coefficient (Wildman–Crippen LogP) is 4.06. The molecule has 0 saturated heterocycles. The van der Waals surface area contributed by atoms with Crippen molar-refractivity contribution >= 4 is 6.09 Å². The van der Waals surface area contributed by atoms with Crippen molar-refractivity contribution in [2.24, 2.45) is 5.41 Å². The van der Waals surface area contributed by atoms with Crippen LogP contribution in [-0.4, -0.2) is 18.2 Å². The lowest BCUT2D eigenvalue weighted by Crippen LogP contribution is -2.32. The van der Waals surface area contributed by atoms with Crippen molar-refractivity contribution in [3.8, 4) is 0 Å². The van der Waals surface area contributed by atoms with E-state index in [2.05, 4.69) is 39.1 Å². The molecule has 0 heterocycles. The molecule has 1 N–H and O–H groups in total. The Morgan fingerprint density at radius 2 is 1.72 bits per heavy atom. The maximum atomic E-state index is 11.3. The Kier molecular flexibility index (Phi) is 6.16. The lowest BCUT2D eigenvalue weighted by Gasteiger charge is -2.19. The number of hydrogen-bond donors (Lipinski definition) is 1. The molecule has 0 aliphatic carbocycles. The minimum atomic E-state index is -0.448. The van der Waals surface area contributed by atoms with Crippen molar-refractivity contribution in [2.75, 3.05) is 6.54 Å². The first-order valence-corrected chi connectivity index (χ1v) is 6.33. The van der Waals surface area contributed by atoms with E-state index in [-0.39, 0.29) is 11.5 Å². The monoisotopic (exact) mass is 253 g/mol. The van der Waals surface area contributed by atoms with Gasteiger partial charge in [-0.2, -0.15) is 0 Å². The number of ether oxygens (including phenoxy) is 1. The van der Waals surface area contributed by atoms with Gasteiger partial charge in [0.2, 0.25) is 0 Å². The number of carbonyl (C=O) groups is 1. The number of allylic oxidation sites excluding steroid dienone is 3. The smallest absolute Gasteiger partial charge is 0.407 e. The summed E-state index contributed by atoms with van der Waals surface area (Å²) in [6.45, 7) is 14.6. The Morgan fingerprint density at radius 3 is 2.17 bits per heavy atom. The fraction of sp³-hybridized carbons (Fsp3) is 0.667. The maximum Gasteiger partial charge on any atom is 0.407 e. The van der Waals surface area contributed by atoms with Gasteiger partial charge in [0.15, 0.2) is 0 Å². The van der Waals surface area contributed by atoms with E-state index >= 15 is 0 Å². The van der Waals surface area contributed by atoms with Gasteiger partial charge in [-0.1, -0.05) is 44.6 Å². The molecule has 0 unspecified atom stereocenters. The number of nitrogens with one attached hydrogen (secondary N) is 1. The Labute approximate surface area is 111 Å². The third-order valence-electron chi connectivity index (χ3n) is 2.43. The van der Waals surface area contributed by atoms with Crippen molar-refractivity contribution in [1.29, 1.82) is 0 Å². The van der Waals surface area contributed by atoms with Gasteiger partial charge in [-0.15, -0.1) is 0 Å². The summed E-state index contributed by atoms with van der Waals surface area (Å²) in [7, 11) is 0. The molecule has 18 heavy (non-hydrogen) atoms. The van der Waals surface area contributed by atoms with Crippen molar-refractivity contribution in [2.45, 2.75) is 54.1 Å². The lowest BCUT2D eigenvalue weighted by molar-refractivity contribution is 0.0534. The number of carbonyl (C=O) groups excluding carboxylic acids is 1. The Bertz CT molecular complexity index is 327. The van der Waals surface area contributed by atoms with Crippen LogP contribution in [0, 0.1) is 5.41 Å². The Morgan fingerprint density at radius 1 is 1.17 bits per heavy atom. The van der Waals surface area contributed by atoms with Crippen LogP contribution in [0.5, 0.6) is 0 Å². The van der Waals surface area contributed by atoms with E-state index in [0.717, 1.165) is 0 Å². The second kappa shape index (κ2) is 6.62. The molecule has 0 spiro atoms. The molecule has 0 bridgehead atoms. The quantitative estimate of drug-likeness (QED) is 0.770. The van der Waals surface area contributed by atoms with Crippen LogP contribution in [-0.2, 0) is 4.74 Å². The molecule has 0 fully saturated rings. The zero-order valence-corrected chi connectivity index (χ0v) is 12.8. The summed E-state index contributed by atoms with van der Waals surface area (Å²) < 4.78 is 5.12. The van der Waals surface area contributed by atoms with Gasteiger partial charge in [-0.25, -0.2) is 4.79 Å². The second-order valence-electron chi connectivity index (χ2n) is 6.41. The van der Waals surface area contributed by atoms with Crippen molar-refractivity contribution in [1.82, 2.24) is 5.32 Å². The van der Waals surface area contributed by atoms with E-state index in [4.69, 9.17) is 4.74 Å². The van der Waals surface area contributed by atoms with Gasteiger partial charge in [-0.05, 0) is 33.1 Å². The number of rotatable bonds is 3. The average Bonchev–Trinajstić information content (AvgIpc) is 2.12. The van der Waals surface area contributed by atoms with Gasteiger partial charge in [0.05, 0.1) is 0 Å². The van der Waals surface area contributed by atoms with Gasteiger partial charge >= 0.3 is 6.09 Å². The van der Waals surface area contributed by atoms with Gasteiger partial charge in [0.25, 0.3) is 0 Å². The highest BCUT2D eigenvalue weighted by molar-refractivity contribution is 5.67. The van der Waals surface area contributed by atoms with Gasteiger partial charge in [0, 0.05) is 6.54 Å². The highest BCUT2D eigenvalue weighted by atomic mass is 16.6. The van der Waals surface area contributed by atoms with E-state index < -0.39 is 5.60 Å². The second-order valence-corrected chi connectivity index (χ2v) is 6.41. The summed E-state index contributed by atoms with van der Waals surface area (Å²) in [6.07, 6.45) is 5.54. The molecule has 0 aliphatic heterocycles. The minimum Gasteiger partial charge on any atom is -0.444 e. The van der Waals surface area contributed by atoms with Crippen molar-refractivity contribution in [3.05, 3.63) is 23.8 Å². The summed E-state index contributed by atoms with van der Waals surface area (Å²) in [5.74, 6) is 0. The molecule has 3 nitrogen and oxygen atoms in total. The molecule has 0 rings (SSSR count). The average molecular weight is 253 g/mol. The normalized spacial score (nSPS) is 13.8. The van der Waals surface area contributed by atoms with Gasteiger partial charge < -0.3 is 10.1 Å². The van der Waals surface area contributed by atoms with E-state index in [0.29, 0.717) is 6.54 Å². The SMILES string of the molecule is C/C(=C\C=C\CNC(=O)OC(C)(C)C)C(C)(C)C. The molecule has 0 atom stereocenters. The molecule has 104 valence electrons. The molecule has 1 amide bonds. The number of hydrogen-bond acceptors (Lipinski definition) is 2. The van der Waals surface area contributed by atoms with Crippen LogP contribution in [0.25, 0.3) is 0 Å². The van der Waals surface area contributed by atoms with Crippen LogP contribution in [0.4, 0.5) is 4.79 Å². The summed E-state index contributed by atoms with van der Waals surface area (Å²) in [6, 6.07) is 0. The van der Waals surface area contributed by atoms with E-state index in [9.17, 15) is 4.79 Å². The largest absolute Gasteiger partial charge is 0.444 e. The molecule has 3 heteroatoms. The zero-order chi connectivity index (χ0) is 14.4. The van der Waals surface area contributed by atoms with Crippen LogP contribution < -0.4 is 5.32 Å². The number of alkyl carbamates (subject to hydrolysis) is 1. The fourth-order valence-electron chi connectivity index (χ4n) is 0.987. The van der Waals surface area contributed by atoms with E-state index in [1.165, 1.54) is 5.57 Å². The van der Waals surface area contributed by atoms with Crippen molar-refractivity contribution < 1.29 is 9.53 Å². The van der Waals surface area contributed by atoms with Crippen molar-refractivity contribution in [3.63, 3.8) is 0 Å². The summed E-state index contributed by atoms with van der Waals surface area (Å²) in [4.78, 5) is 11.3. The fourth-order valence-corrected chi connectivity index (χ4v) is 0.987. The highest BCUT2D eigenvalue weighted by Crippen LogP contribution is 2.23. The maximum absolute atomic E-state index is 11.3. The van der Waals surface area contributed by atoms with Crippen LogP contribution >= 0.6 is 0 Å². The Balaban J connectivity index is 4.03. The molecule has 0 aromatic heterocycles. The predicted molar refractivity (Wildman–Crippen MR) is 76.6 cm³/mol. The van der Waals surface area contributed by atoms with Crippen LogP contribution in [0.1, 0.15) is 48.5 Å². The first-order valence-electron chi connectivity index (χ1n) is 6.33. The first-order chi connectivity index (χ1) is 8.02. The molecular formula is C15H27NO2. The zero-order valence-electron chi connectivity index (χ0n) is 12.8. The molecule has 0 radical (unpaired) electrons. The summed E-state index contributed by atoms with van der Waals surface area (Å²) in [5, 5.41) is 2.67. The molecular weight excluding hydrogens is 226 g/mol. The standard InChI is InChI=1S/C15H27NO2/c1-12(14(2,3)4)10-8-9-11-16-13(17)18-15(5,6)7/h8-10H,11H2,1-7H3,(H,16,17)/b9-8+,12-10+. The van der Waals surface area contributed by atoms with E-state index in [1.54, 1.807) is 0 Å². The van der Waals surface area contributed by atoms with Crippen LogP contribution in [0.15, 0.2) is 23.8 Å². The lowest BCUT2D eigenvalue weighted by atomic mass is 9.87. The summed E-state index contributed by atoms with van der Waals surface area (Å²) in [5.41, 5.74) is 1.04.